The molecule has 17 heavy (non-hydrogen) atoms. The second kappa shape index (κ2) is 5.99. The first-order valence-corrected chi connectivity index (χ1v) is 6.31. The molecule has 0 aromatic carbocycles. The van der Waals surface area contributed by atoms with Crippen molar-refractivity contribution in [1.29, 1.82) is 5.26 Å². The van der Waals surface area contributed by atoms with Gasteiger partial charge in [0.1, 0.15) is 6.10 Å². The highest BCUT2D eigenvalue weighted by molar-refractivity contribution is 5.81. The Kier molecular flexibility index (Phi) is 4.35. The third kappa shape index (κ3) is 3.18. The molecule has 2 aliphatic heterocycles. The smallest absolute Gasteiger partial charge is 0.251 e. The second-order valence-corrected chi connectivity index (χ2v) is 4.58. The molecule has 0 aliphatic carbocycles. The van der Waals surface area contributed by atoms with E-state index in [2.05, 4.69) is 11.0 Å². The summed E-state index contributed by atoms with van der Waals surface area (Å²) in [6.07, 6.45) is 2.24. The largest absolute Gasteiger partial charge is 0.368 e. The predicted octanol–water partition coefficient (Wildman–Crippen LogP) is 0.223. The molecule has 0 aromatic heterocycles. The molecule has 0 spiro atoms. The van der Waals surface area contributed by atoms with E-state index < -0.39 is 0 Å². The van der Waals surface area contributed by atoms with E-state index in [9.17, 15) is 4.79 Å². The molecule has 2 aliphatic rings. The van der Waals surface area contributed by atoms with Crippen molar-refractivity contribution in [2.45, 2.75) is 25.4 Å². The molecule has 2 fully saturated rings. The first-order chi connectivity index (χ1) is 8.31. The third-order valence-corrected chi connectivity index (χ3v) is 3.43. The fourth-order valence-electron chi connectivity index (χ4n) is 2.38. The molecule has 0 bridgehead atoms. The molecular weight excluding hydrogens is 218 g/mol. The first-order valence-electron chi connectivity index (χ1n) is 6.31. The van der Waals surface area contributed by atoms with Crippen LogP contribution in [0.25, 0.3) is 0 Å². The summed E-state index contributed by atoms with van der Waals surface area (Å²) in [5, 5.41) is 8.52. The highest BCUT2D eigenvalue weighted by Gasteiger charge is 2.29. The van der Waals surface area contributed by atoms with Gasteiger partial charge in [-0.1, -0.05) is 0 Å². The van der Waals surface area contributed by atoms with Crippen molar-refractivity contribution in [2.75, 3.05) is 39.3 Å². The monoisotopic (exact) mass is 237 g/mol. The highest BCUT2D eigenvalue weighted by atomic mass is 16.5. The van der Waals surface area contributed by atoms with Gasteiger partial charge in [-0.3, -0.25) is 9.69 Å². The normalized spacial score (nSPS) is 25.8. The van der Waals surface area contributed by atoms with Crippen molar-refractivity contribution in [2.24, 2.45) is 0 Å². The molecular formula is C12H19N3O2. The number of amides is 1. The van der Waals surface area contributed by atoms with E-state index in [1.165, 1.54) is 0 Å². The zero-order valence-electron chi connectivity index (χ0n) is 10.1. The van der Waals surface area contributed by atoms with Crippen LogP contribution in [0.15, 0.2) is 0 Å². The molecule has 1 atom stereocenters. The van der Waals surface area contributed by atoms with E-state index in [1.54, 1.807) is 0 Å². The van der Waals surface area contributed by atoms with Gasteiger partial charge in [0, 0.05) is 45.8 Å². The molecule has 0 aromatic rings. The summed E-state index contributed by atoms with van der Waals surface area (Å²) in [6.45, 7) is 4.82. The van der Waals surface area contributed by atoms with Crippen molar-refractivity contribution in [3.63, 3.8) is 0 Å². The fourth-order valence-corrected chi connectivity index (χ4v) is 2.38. The lowest BCUT2D eigenvalue weighted by molar-refractivity contribution is -0.142. The summed E-state index contributed by atoms with van der Waals surface area (Å²) < 4.78 is 5.41. The van der Waals surface area contributed by atoms with E-state index in [-0.39, 0.29) is 12.0 Å². The van der Waals surface area contributed by atoms with Crippen molar-refractivity contribution in [3.8, 4) is 6.07 Å². The quantitative estimate of drug-likeness (QED) is 0.705. The molecule has 2 heterocycles. The molecule has 0 N–H and O–H groups in total. The zero-order chi connectivity index (χ0) is 12.1. The lowest BCUT2D eigenvalue weighted by atomic mass is 10.2. The van der Waals surface area contributed by atoms with Crippen molar-refractivity contribution >= 4 is 5.91 Å². The van der Waals surface area contributed by atoms with Crippen LogP contribution < -0.4 is 0 Å². The van der Waals surface area contributed by atoms with Gasteiger partial charge in [-0.25, -0.2) is 0 Å². The van der Waals surface area contributed by atoms with Crippen LogP contribution in [0.1, 0.15) is 19.3 Å². The van der Waals surface area contributed by atoms with Gasteiger partial charge >= 0.3 is 0 Å². The number of piperazine rings is 1. The van der Waals surface area contributed by atoms with Gasteiger partial charge in [-0.2, -0.15) is 5.26 Å². The van der Waals surface area contributed by atoms with Crippen LogP contribution in [0.4, 0.5) is 0 Å². The first kappa shape index (κ1) is 12.3. The Morgan fingerprint density at radius 1 is 1.35 bits per heavy atom. The number of nitrogens with zero attached hydrogens (tertiary/aromatic N) is 3. The summed E-state index contributed by atoms with van der Waals surface area (Å²) in [4.78, 5) is 16.2. The highest BCUT2D eigenvalue weighted by Crippen LogP contribution is 2.15. The van der Waals surface area contributed by atoms with E-state index in [1.807, 2.05) is 4.90 Å². The number of ether oxygens (including phenoxy) is 1. The molecule has 5 nitrogen and oxygen atoms in total. The average Bonchev–Trinajstić information content (AvgIpc) is 2.90. The predicted molar refractivity (Wildman–Crippen MR) is 62.2 cm³/mol. The Morgan fingerprint density at radius 2 is 2.12 bits per heavy atom. The van der Waals surface area contributed by atoms with Gasteiger partial charge in [-0.05, 0) is 12.8 Å². The van der Waals surface area contributed by atoms with Crippen LogP contribution in [0.2, 0.25) is 0 Å². The Bertz CT molecular complexity index is 299. The van der Waals surface area contributed by atoms with Gasteiger partial charge in [-0.15, -0.1) is 0 Å². The minimum absolute atomic E-state index is 0.155. The maximum absolute atomic E-state index is 12.1. The molecule has 1 amide bonds. The van der Waals surface area contributed by atoms with Crippen LogP contribution in [0, 0.1) is 11.3 Å². The van der Waals surface area contributed by atoms with Crippen LogP contribution >= 0.6 is 0 Å². The third-order valence-electron chi connectivity index (χ3n) is 3.43. The molecule has 0 radical (unpaired) electrons. The van der Waals surface area contributed by atoms with E-state index >= 15 is 0 Å². The van der Waals surface area contributed by atoms with Crippen molar-refractivity contribution in [1.82, 2.24) is 9.80 Å². The van der Waals surface area contributed by atoms with Gasteiger partial charge < -0.3 is 9.64 Å². The van der Waals surface area contributed by atoms with Gasteiger partial charge in [0.25, 0.3) is 5.91 Å². The number of nitriles is 1. The van der Waals surface area contributed by atoms with Crippen LogP contribution in [0.3, 0.4) is 0 Å². The SMILES string of the molecule is N#CCCN1CCN(C(=O)[C@@H]2CCCO2)CC1. The summed E-state index contributed by atoms with van der Waals surface area (Å²) in [7, 11) is 0. The molecule has 5 heteroatoms. The number of hydrogen-bond donors (Lipinski definition) is 0. The number of carbonyl (C=O) groups excluding carboxylic acids is 1. The number of rotatable bonds is 3. The molecule has 0 unspecified atom stereocenters. The van der Waals surface area contributed by atoms with Crippen LogP contribution in [-0.2, 0) is 9.53 Å². The molecule has 2 rings (SSSR count). The van der Waals surface area contributed by atoms with Crippen LogP contribution in [-0.4, -0.2) is 61.1 Å². The van der Waals surface area contributed by atoms with Crippen LogP contribution in [0.5, 0.6) is 0 Å². The number of hydrogen-bond acceptors (Lipinski definition) is 4. The molecule has 2 saturated heterocycles. The standard InChI is InChI=1S/C12H19N3O2/c13-4-2-5-14-6-8-15(9-7-14)12(16)11-3-1-10-17-11/h11H,1-3,5-10H2/t11-/m0/s1. The summed E-state index contributed by atoms with van der Waals surface area (Å²) in [5.74, 6) is 0.155. The lowest BCUT2D eigenvalue weighted by Gasteiger charge is -2.35. The average molecular weight is 237 g/mol. The summed E-state index contributed by atoms with van der Waals surface area (Å²) in [5.41, 5.74) is 0. The van der Waals surface area contributed by atoms with E-state index in [4.69, 9.17) is 10.00 Å². The Balaban J connectivity index is 1.74. The topological polar surface area (TPSA) is 56.6 Å². The molecule has 94 valence electrons. The summed E-state index contributed by atoms with van der Waals surface area (Å²) in [6, 6.07) is 2.15. The summed E-state index contributed by atoms with van der Waals surface area (Å²) >= 11 is 0. The maximum Gasteiger partial charge on any atom is 0.251 e. The zero-order valence-corrected chi connectivity index (χ0v) is 10.1. The van der Waals surface area contributed by atoms with E-state index in [0.717, 1.165) is 52.2 Å². The maximum atomic E-state index is 12.1. The van der Waals surface area contributed by atoms with Gasteiger partial charge in [0.15, 0.2) is 0 Å². The van der Waals surface area contributed by atoms with Gasteiger partial charge in [0.2, 0.25) is 0 Å². The van der Waals surface area contributed by atoms with Crippen molar-refractivity contribution in [3.05, 3.63) is 0 Å². The number of carbonyl (C=O) groups is 1. The van der Waals surface area contributed by atoms with E-state index in [0.29, 0.717) is 6.42 Å². The Hall–Kier alpha value is -1.12. The minimum atomic E-state index is -0.194. The molecule has 0 saturated carbocycles. The Labute approximate surface area is 102 Å². The Morgan fingerprint density at radius 3 is 2.71 bits per heavy atom. The van der Waals surface area contributed by atoms with Gasteiger partial charge in [0.05, 0.1) is 6.07 Å². The second-order valence-electron chi connectivity index (χ2n) is 4.58. The minimum Gasteiger partial charge on any atom is -0.368 e. The lowest BCUT2D eigenvalue weighted by Crippen LogP contribution is -2.51. The fraction of sp³-hybridized carbons (Fsp3) is 0.833. The van der Waals surface area contributed by atoms with Crippen molar-refractivity contribution < 1.29 is 9.53 Å².